The molecule has 1 aromatic heterocycles. The van der Waals surface area contributed by atoms with Crippen LogP contribution in [0.3, 0.4) is 0 Å². The Labute approximate surface area is 204 Å². The van der Waals surface area contributed by atoms with Crippen LogP contribution in [0.5, 0.6) is 5.75 Å². The normalized spacial score (nSPS) is 15.4. The minimum atomic E-state index is -0.805. The zero-order chi connectivity index (χ0) is 25.1. The first-order chi connectivity index (χ1) is 16.8. The van der Waals surface area contributed by atoms with E-state index < -0.39 is 16.9 Å². The van der Waals surface area contributed by atoms with E-state index in [4.69, 9.17) is 9.47 Å². The number of thiazole rings is 1. The van der Waals surface area contributed by atoms with Crippen molar-refractivity contribution in [2.75, 3.05) is 13.2 Å². The van der Waals surface area contributed by atoms with E-state index in [1.165, 1.54) is 16.7 Å². The molecule has 1 aliphatic rings. The number of nitro groups is 1. The summed E-state index contributed by atoms with van der Waals surface area (Å²) in [7, 11) is 0. The van der Waals surface area contributed by atoms with Gasteiger partial charge in [0.1, 0.15) is 11.8 Å². The number of fused-ring (bicyclic) bond motifs is 1. The Bertz CT molecular complexity index is 1520. The molecule has 0 unspecified atom stereocenters. The lowest BCUT2D eigenvalue weighted by molar-refractivity contribution is -0.384. The maximum atomic E-state index is 13.7. The number of rotatable bonds is 7. The summed E-state index contributed by atoms with van der Waals surface area (Å²) in [5.74, 6) is -0.0113. The molecule has 0 saturated heterocycles. The second kappa shape index (κ2) is 10.1. The fraction of sp³-hybridized carbons (Fsp3) is 0.240. The average molecular weight is 494 g/mol. The molecular weight excluding hydrogens is 470 g/mol. The predicted octanol–water partition coefficient (Wildman–Crippen LogP) is 3.11. The Kier molecular flexibility index (Phi) is 6.92. The summed E-state index contributed by atoms with van der Waals surface area (Å²) >= 11 is 1.15. The third kappa shape index (κ3) is 4.65. The molecule has 0 saturated carbocycles. The van der Waals surface area contributed by atoms with Crippen LogP contribution in [-0.2, 0) is 9.53 Å². The van der Waals surface area contributed by atoms with Crippen molar-refractivity contribution in [3.8, 4) is 5.75 Å². The quantitative estimate of drug-likeness (QED) is 0.284. The number of benzene rings is 2. The summed E-state index contributed by atoms with van der Waals surface area (Å²) < 4.78 is 12.9. The smallest absolute Gasteiger partial charge is 0.338 e. The van der Waals surface area contributed by atoms with Crippen LogP contribution >= 0.6 is 11.3 Å². The van der Waals surface area contributed by atoms with E-state index in [1.54, 1.807) is 38.1 Å². The van der Waals surface area contributed by atoms with Crippen molar-refractivity contribution in [2.45, 2.75) is 26.8 Å². The minimum absolute atomic E-state index is 0.0736. The molecule has 0 N–H and O–H groups in total. The number of para-hydroxylation sites is 1. The van der Waals surface area contributed by atoms with E-state index in [1.807, 2.05) is 25.1 Å². The molecule has 0 aliphatic carbocycles. The van der Waals surface area contributed by atoms with Gasteiger partial charge in [-0.15, -0.1) is 0 Å². The van der Waals surface area contributed by atoms with Gasteiger partial charge in [-0.3, -0.25) is 19.5 Å². The SMILES string of the molecule is CCOC(=O)C1=C(C)N=c2s/c(=C\c3cccc([N+](=O)[O-])c3)c(=O)n2[C@H]1c1ccccc1OCC. The van der Waals surface area contributed by atoms with Gasteiger partial charge in [-0.2, -0.15) is 0 Å². The van der Waals surface area contributed by atoms with Gasteiger partial charge in [-0.05, 0) is 38.5 Å². The Morgan fingerprint density at radius 1 is 1.20 bits per heavy atom. The molecule has 180 valence electrons. The first kappa shape index (κ1) is 24.1. The van der Waals surface area contributed by atoms with E-state index >= 15 is 0 Å². The van der Waals surface area contributed by atoms with Gasteiger partial charge in [0.2, 0.25) is 0 Å². The molecule has 3 aromatic rings. The van der Waals surface area contributed by atoms with Crippen molar-refractivity contribution >= 4 is 29.1 Å². The summed E-state index contributed by atoms with van der Waals surface area (Å²) in [4.78, 5) is 42.3. The Balaban J connectivity index is 1.97. The number of non-ortho nitro benzene ring substituents is 1. The molecule has 4 rings (SSSR count). The Morgan fingerprint density at radius 3 is 2.69 bits per heavy atom. The molecule has 0 fully saturated rings. The largest absolute Gasteiger partial charge is 0.494 e. The zero-order valence-electron chi connectivity index (χ0n) is 19.4. The summed E-state index contributed by atoms with van der Waals surface area (Å²) in [5, 5.41) is 11.2. The molecule has 9 nitrogen and oxygen atoms in total. The molecule has 0 bridgehead atoms. The highest BCUT2D eigenvalue weighted by Crippen LogP contribution is 2.35. The first-order valence-corrected chi connectivity index (χ1v) is 11.8. The molecule has 10 heteroatoms. The zero-order valence-corrected chi connectivity index (χ0v) is 20.2. The molecular formula is C25H23N3O6S. The third-order valence-electron chi connectivity index (χ3n) is 5.41. The fourth-order valence-corrected chi connectivity index (χ4v) is 5.01. The predicted molar refractivity (Wildman–Crippen MR) is 131 cm³/mol. The molecule has 35 heavy (non-hydrogen) atoms. The van der Waals surface area contributed by atoms with Gasteiger partial charge < -0.3 is 9.47 Å². The van der Waals surface area contributed by atoms with E-state index in [0.29, 0.717) is 38.5 Å². The number of nitro benzene ring substituents is 1. The molecule has 1 aliphatic heterocycles. The summed E-state index contributed by atoms with van der Waals surface area (Å²) in [6, 6.07) is 12.5. The second-order valence-corrected chi connectivity index (χ2v) is 8.63. The van der Waals surface area contributed by atoms with Gasteiger partial charge >= 0.3 is 5.97 Å². The van der Waals surface area contributed by atoms with Gasteiger partial charge in [-0.25, -0.2) is 9.79 Å². The van der Waals surface area contributed by atoms with Crippen molar-refractivity contribution in [2.24, 2.45) is 4.99 Å². The fourth-order valence-electron chi connectivity index (χ4n) is 3.96. The number of esters is 1. The highest BCUT2D eigenvalue weighted by molar-refractivity contribution is 7.07. The van der Waals surface area contributed by atoms with Crippen molar-refractivity contribution in [1.82, 2.24) is 4.57 Å². The van der Waals surface area contributed by atoms with Gasteiger partial charge in [0.15, 0.2) is 4.80 Å². The highest BCUT2D eigenvalue weighted by atomic mass is 32.1. The molecule has 0 radical (unpaired) electrons. The number of carbonyl (C=O) groups excluding carboxylic acids is 1. The van der Waals surface area contributed by atoms with Crippen LogP contribution in [0.25, 0.3) is 6.08 Å². The number of nitrogens with zero attached hydrogens (tertiary/aromatic N) is 3. The number of ether oxygens (including phenoxy) is 2. The topological polar surface area (TPSA) is 113 Å². The molecule has 0 amide bonds. The van der Waals surface area contributed by atoms with Crippen molar-refractivity contribution in [3.05, 3.63) is 101 Å². The lowest BCUT2D eigenvalue weighted by atomic mass is 9.95. The maximum Gasteiger partial charge on any atom is 0.338 e. The van der Waals surface area contributed by atoms with E-state index in [0.717, 1.165) is 11.3 Å². The third-order valence-corrected chi connectivity index (χ3v) is 6.39. The number of hydrogen-bond donors (Lipinski definition) is 0. The minimum Gasteiger partial charge on any atom is -0.494 e. The summed E-state index contributed by atoms with van der Waals surface area (Å²) in [6.45, 7) is 5.86. The van der Waals surface area contributed by atoms with E-state index in [-0.39, 0.29) is 23.4 Å². The number of carbonyl (C=O) groups is 1. The average Bonchev–Trinajstić information content (AvgIpc) is 3.13. The Morgan fingerprint density at radius 2 is 1.97 bits per heavy atom. The van der Waals surface area contributed by atoms with E-state index in [2.05, 4.69) is 4.99 Å². The molecule has 2 aromatic carbocycles. The lowest BCUT2D eigenvalue weighted by Crippen LogP contribution is -2.40. The van der Waals surface area contributed by atoms with Crippen molar-refractivity contribution in [3.63, 3.8) is 0 Å². The van der Waals surface area contributed by atoms with Crippen LogP contribution in [-0.4, -0.2) is 28.7 Å². The second-order valence-electron chi connectivity index (χ2n) is 7.63. The Hall–Kier alpha value is -4.05. The van der Waals surface area contributed by atoms with Gasteiger partial charge in [0, 0.05) is 17.7 Å². The monoisotopic (exact) mass is 493 g/mol. The molecule has 2 heterocycles. The van der Waals surface area contributed by atoms with Gasteiger partial charge in [-0.1, -0.05) is 41.7 Å². The number of allylic oxidation sites excluding steroid dienone is 1. The van der Waals surface area contributed by atoms with Crippen LogP contribution < -0.4 is 19.6 Å². The van der Waals surface area contributed by atoms with Gasteiger partial charge in [0.05, 0.1) is 33.9 Å². The van der Waals surface area contributed by atoms with E-state index in [9.17, 15) is 19.7 Å². The van der Waals surface area contributed by atoms with Crippen LogP contribution in [0.15, 0.2) is 69.6 Å². The number of hydrogen-bond acceptors (Lipinski definition) is 8. The highest BCUT2D eigenvalue weighted by Gasteiger charge is 2.35. The molecule has 1 atom stereocenters. The van der Waals surface area contributed by atoms with Crippen LogP contribution in [0.1, 0.15) is 37.9 Å². The molecule has 0 spiro atoms. The summed E-state index contributed by atoms with van der Waals surface area (Å²) in [5.41, 5.74) is 1.41. The van der Waals surface area contributed by atoms with Crippen LogP contribution in [0, 0.1) is 10.1 Å². The van der Waals surface area contributed by atoms with Crippen LogP contribution in [0.2, 0.25) is 0 Å². The first-order valence-electron chi connectivity index (χ1n) is 11.0. The number of aromatic nitrogens is 1. The lowest BCUT2D eigenvalue weighted by Gasteiger charge is -2.26. The van der Waals surface area contributed by atoms with Gasteiger partial charge in [0.25, 0.3) is 11.2 Å². The van der Waals surface area contributed by atoms with Crippen LogP contribution in [0.4, 0.5) is 5.69 Å². The standard InChI is InChI=1S/C25H23N3O6S/c1-4-33-19-12-7-6-11-18(19)22-21(24(30)34-5-2)15(3)26-25-27(22)23(29)20(35-25)14-16-9-8-10-17(13-16)28(31)32/h6-14,22H,4-5H2,1-3H3/b20-14-/t22-/m0/s1. The van der Waals surface area contributed by atoms with Crippen molar-refractivity contribution in [1.29, 1.82) is 0 Å². The van der Waals surface area contributed by atoms with Crippen molar-refractivity contribution < 1.29 is 19.2 Å². The summed E-state index contributed by atoms with van der Waals surface area (Å²) in [6.07, 6.45) is 1.59. The maximum absolute atomic E-state index is 13.7.